The zero-order chi connectivity index (χ0) is 16.1. The van der Waals surface area contributed by atoms with Crippen LogP contribution in [0.15, 0.2) is 18.2 Å². The molecule has 2 N–H and O–H groups in total. The van der Waals surface area contributed by atoms with Gasteiger partial charge >= 0.3 is 11.9 Å². The molecule has 5 heteroatoms. The Kier molecular flexibility index (Phi) is 6.00. The largest absolute Gasteiger partial charge is 0.478 e. The van der Waals surface area contributed by atoms with Crippen molar-refractivity contribution in [2.75, 3.05) is 0 Å². The highest BCUT2D eigenvalue weighted by Crippen LogP contribution is 2.31. The molecule has 0 heterocycles. The molecule has 0 radical (unpaired) electrons. The molecule has 0 spiro atoms. The first kappa shape index (κ1) is 17.0. The number of carboxylic acid groups (broad SMARTS) is 2. The highest BCUT2D eigenvalue weighted by molar-refractivity contribution is 9.09. The van der Waals surface area contributed by atoms with Crippen LogP contribution < -0.4 is 0 Å². The summed E-state index contributed by atoms with van der Waals surface area (Å²) in [5, 5.41) is 18.1. The van der Waals surface area contributed by atoms with E-state index in [-0.39, 0.29) is 11.1 Å². The molecule has 1 saturated carbocycles. The maximum Gasteiger partial charge on any atom is 0.335 e. The van der Waals surface area contributed by atoms with Crippen molar-refractivity contribution in [1.82, 2.24) is 0 Å². The van der Waals surface area contributed by atoms with Crippen LogP contribution >= 0.6 is 15.9 Å². The Bertz CT molecular complexity index is 515. The lowest BCUT2D eigenvalue weighted by atomic mass is 9.85. The summed E-state index contributed by atoms with van der Waals surface area (Å²) in [7, 11) is 0. The molecule has 0 unspecified atom stereocenters. The van der Waals surface area contributed by atoms with E-state index in [4.69, 9.17) is 10.2 Å². The van der Waals surface area contributed by atoms with Gasteiger partial charge in [-0.15, -0.1) is 0 Å². The lowest BCUT2D eigenvalue weighted by molar-refractivity contribution is 0.0696. The summed E-state index contributed by atoms with van der Waals surface area (Å²) in [5.74, 6) is -1.42. The van der Waals surface area contributed by atoms with Crippen LogP contribution in [0.2, 0.25) is 0 Å². The maximum absolute atomic E-state index is 11.1. The van der Waals surface area contributed by atoms with Gasteiger partial charge in [-0.1, -0.05) is 22.4 Å². The van der Waals surface area contributed by atoms with Gasteiger partial charge in [0, 0.05) is 4.83 Å². The van der Waals surface area contributed by atoms with E-state index in [9.17, 15) is 9.59 Å². The maximum atomic E-state index is 11.1. The first-order valence-corrected chi connectivity index (χ1v) is 8.62. The van der Waals surface area contributed by atoms with Crippen molar-refractivity contribution >= 4 is 27.9 Å². The number of hydrogen-bond acceptors (Lipinski definition) is 2. The van der Waals surface area contributed by atoms with Gasteiger partial charge in [-0.2, -0.15) is 0 Å². The fourth-order valence-corrected chi connectivity index (χ4v) is 3.62. The van der Waals surface area contributed by atoms with E-state index in [1.165, 1.54) is 31.7 Å². The molecule has 1 aromatic rings. The van der Waals surface area contributed by atoms with Crippen molar-refractivity contribution in [3.05, 3.63) is 34.9 Å². The third kappa shape index (κ3) is 4.83. The molecular formula is C17H21BrO4. The average Bonchev–Trinajstić information content (AvgIpc) is 2.49. The van der Waals surface area contributed by atoms with E-state index in [1.54, 1.807) is 12.1 Å². The molecule has 0 amide bonds. The SMILES string of the molecule is O=C(O)c1cc(CCCC2CCC(Br)CC2)cc(C(=O)O)c1. The lowest BCUT2D eigenvalue weighted by Crippen LogP contribution is -2.14. The Balaban J connectivity index is 1.94. The van der Waals surface area contributed by atoms with Crippen LogP contribution in [0.3, 0.4) is 0 Å². The van der Waals surface area contributed by atoms with Gasteiger partial charge in [0.05, 0.1) is 11.1 Å². The Labute approximate surface area is 138 Å². The summed E-state index contributed by atoms with van der Waals surface area (Å²) < 4.78 is 0. The number of rotatable bonds is 6. The lowest BCUT2D eigenvalue weighted by Gasteiger charge is -2.25. The molecule has 1 aliphatic carbocycles. The van der Waals surface area contributed by atoms with E-state index < -0.39 is 11.9 Å². The fraction of sp³-hybridized carbons (Fsp3) is 0.529. The number of halogens is 1. The van der Waals surface area contributed by atoms with Gasteiger partial charge < -0.3 is 10.2 Å². The van der Waals surface area contributed by atoms with E-state index in [0.717, 1.165) is 30.7 Å². The van der Waals surface area contributed by atoms with Gasteiger partial charge in [-0.25, -0.2) is 9.59 Å². The van der Waals surface area contributed by atoms with E-state index in [1.807, 2.05) is 0 Å². The Morgan fingerprint density at radius 1 is 1.00 bits per heavy atom. The molecule has 1 aliphatic rings. The number of hydrogen-bond donors (Lipinski definition) is 2. The third-order valence-electron chi connectivity index (χ3n) is 4.34. The van der Waals surface area contributed by atoms with Crippen molar-refractivity contribution in [3.63, 3.8) is 0 Å². The number of alkyl halides is 1. The number of benzene rings is 1. The van der Waals surface area contributed by atoms with E-state index in [2.05, 4.69) is 15.9 Å². The third-order valence-corrected chi connectivity index (χ3v) is 5.26. The molecule has 0 aliphatic heterocycles. The normalized spacial score (nSPS) is 21.5. The highest BCUT2D eigenvalue weighted by atomic mass is 79.9. The summed E-state index contributed by atoms with van der Waals surface area (Å²) in [6.07, 6.45) is 7.76. The second-order valence-electron chi connectivity index (χ2n) is 6.04. The van der Waals surface area contributed by atoms with Crippen LogP contribution in [-0.4, -0.2) is 27.0 Å². The molecule has 22 heavy (non-hydrogen) atoms. The first-order chi connectivity index (χ1) is 10.5. The van der Waals surface area contributed by atoms with E-state index in [0.29, 0.717) is 4.83 Å². The van der Waals surface area contributed by atoms with Crippen molar-refractivity contribution in [1.29, 1.82) is 0 Å². The van der Waals surface area contributed by atoms with Crippen molar-refractivity contribution < 1.29 is 19.8 Å². The predicted molar refractivity (Wildman–Crippen MR) is 88.0 cm³/mol. The molecular weight excluding hydrogens is 348 g/mol. The van der Waals surface area contributed by atoms with Crippen LogP contribution in [0.5, 0.6) is 0 Å². The van der Waals surface area contributed by atoms with Crippen LogP contribution in [0.1, 0.15) is 64.8 Å². The monoisotopic (exact) mass is 368 g/mol. The molecule has 0 saturated heterocycles. The average molecular weight is 369 g/mol. The zero-order valence-corrected chi connectivity index (χ0v) is 14.0. The quantitative estimate of drug-likeness (QED) is 0.731. The molecule has 1 fully saturated rings. The summed E-state index contributed by atoms with van der Waals surface area (Å²) in [5.41, 5.74) is 0.899. The van der Waals surface area contributed by atoms with Crippen molar-refractivity contribution in [3.8, 4) is 0 Å². The van der Waals surface area contributed by atoms with Crippen LogP contribution in [0, 0.1) is 5.92 Å². The predicted octanol–water partition coefficient (Wildman–Crippen LogP) is 4.36. The van der Waals surface area contributed by atoms with Gasteiger partial charge in [0.25, 0.3) is 0 Å². The van der Waals surface area contributed by atoms with Gasteiger partial charge in [-0.05, 0) is 68.2 Å². The molecule has 120 valence electrons. The van der Waals surface area contributed by atoms with Crippen LogP contribution in [-0.2, 0) is 6.42 Å². The van der Waals surface area contributed by atoms with Crippen molar-refractivity contribution in [2.45, 2.75) is 49.8 Å². The number of aromatic carboxylic acids is 2. The zero-order valence-electron chi connectivity index (χ0n) is 12.4. The first-order valence-electron chi connectivity index (χ1n) is 7.70. The topological polar surface area (TPSA) is 74.6 Å². The molecule has 2 rings (SSSR count). The van der Waals surface area contributed by atoms with Crippen LogP contribution in [0.4, 0.5) is 0 Å². The molecule has 4 nitrogen and oxygen atoms in total. The standard InChI is InChI=1S/C17H21BrO4/c18-15-6-4-11(5-7-15)2-1-3-12-8-13(16(19)20)10-14(9-12)17(21)22/h8-11,15H,1-7H2,(H,19,20)(H,21,22). The van der Waals surface area contributed by atoms with Gasteiger partial charge in [0.15, 0.2) is 0 Å². The fourth-order valence-electron chi connectivity index (χ4n) is 3.09. The highest BCUT2D eigenvalue weighted by Gasteiger charge is 2.19. The molecule has 0 aromatic heterocycles. The number of carboxylic acids is 2. The number of carbonyl (C=O) groups is 2. The van der Waals surface area contributed by atoms with Gasteiger partial charge in [0.1, 0.15) is 0 Å². The minimum Gasteiger partial charge on any atom is -0.478 e. The smallest absolute Gasteiger partial charge is 0.335 e. The summed E-state index contributed by atoms with van der Waals surface area (Å²) in [4.78, 5) is 22.8. The van der Waals surface area contributed by atoms with Crippen molar-refractivity contribution in [2.24, 2.45) is 5.92 Å². The number of aryl methyl sites for hydroxylation is 1. The minimum absolute atomic E-state index is 0.0506. The second-order valence-corrected chi connectivity index (χ2v) is 7.33. The second kappa shape index (κ2) is 7.77. The summed E-state index contributed by atoms with van der Waals surface area (Å²) in [6, 6.07) is 4.39. The van der Waals surface area contributed by atoms with Gasteiger partial charge in [0.2, 0.25) is 0 Å². The van der Waals surface area contributed by atoms with Gasteiger partial charge in [-0.3, -0.25) is 0 Å². The Morgan fingerprint density at radius 3 is 2.05 bits per heavy atom. The van der Waals surface area contributed by atoms with Crippen LogP contribution in [0.25, 0.3) is 0 Å². The summed E-state index contributed by atoms with van der Waals surface area (Å²) in [6.45, 7) is 0. The molecule has 0 atom stereocenters. The minimum atomic E-state index is -1.08. The Morgan fingerprint density at radius 2 is 1.55 bits per heavy atom. The van der Waals surface area contributed by atoms with E-state index >= 15 is 0 Å². The molecule has 1 aromatic carbocycles. The summed E-state index contributed by atoms with van der Waals surface area (Å²) >= 11 is 3.65. The molecule has 0 bridgehead atoms. The Hall–Kier alpha value is -1.36.